The number of hydrogen-bond acceptors (Lipinski definition) is 18. The number of halogens is 2. The molecule has 0 amide bonds. The van der Waals surface area contributed by atoms with E-state index in [0.29, 0.717) is 45.5 Å². The summed E-state index contributed by atoms with van der Waals surface area (Å²) in [5.74, 6) is -1.08. The Morgan fingerprint density at radius 3 is 1.34 bits per heavy atom. The van der Waals surface area contributed by atoms with Crippen molar-refractivity contribution in [2.24, 2.45) is 0 Å². The number of carbonyl (C=O) groups is 3. The molecule has 3 N–H and O–H groups in total. The Balaban J connectivity index is -0.000000550. The van der Waals surface area contributed by atoms with E-state index in [1.165, 1.54) is 50.6 Å². The first-order valence-corrected chi connectivity index (χ1v) is 22.0. The molecule has 2 aromatic heterocycles. The Bertz CT molecular complexity index is 2400. The van der Waals surface area contributed by atoms with Gasteiger partial charge in [0.05, 0.1) is 68.1 Å². The summed E-state index contributed by atoms with van der Waals surface area (Å²) in [6, 6.07) is 12.0. The molecule has 383 valence electrons. The molecular formula is C47H63BF2N6NaO12S2. The van der Waals surface area contributed by atoms with Crippen LogP contribution in [0.2, 0.25) is 0 Å². The number of esters is 2. The average Bonchev–Trinajstić information content (AvgIpc) is 3.28. The normalized spacial score (nSPS) is 11.6. The van der Waals surface area contributed by atoms with Crippen molar-refractivity contribution in [1.29, 1.82) is 0 Å². The van der Waals surface area contributed by atoms with Crippen LogP contribution in [0.3, 0.4) is 0 Å². The molecule has 0 aliphatic carbocycles. The van der Waals surface area contributed by atoms with E-state index in [-0.39, 0.29) is 102 Å². The quantitative estimate of drug-likeness (QED) is 0.0735. The molecule has 0 saturated heterocycles. The fourth-order valence-electron chi connectivity index (χ4n) is 5.96. The number of aliphatic hydroxyl groups excluding tert-OH is 3. The van der Waals surface area contributed by atoms with Gasteiger partial charge < -0.3 is 36.0 Å². The van der Waals surface area contributed by atoms with Gasteiger partial charge in [0.2, 0.25) is 11.9 Å². The van der Waals surface area contributed by atoms with Crippen molar-refractivity contribution >= 4 is 73.3 Å². The minimum atomic E-state index is -1.13. The first kappa shape index (κ1) is 70.0. The van der Waals surface area contributed by atoms with Crippen molar-refractivity contribution in [1.82, 2.24) is 19.9 Å². The number of carbonyl (C=O) groups excluding carboxylic acids is 3. The van der Waals surface area contributed by atoms with Gasteiger partial charge in [0, 0.05) is 71.7 Å². The predicted molar refractivity (Wildman–Crippen MR) is 267 cm³/mol. The van der Waals surface area contributed by atoms with Crippen molar-refractivity contribution in [2.75, 3.05) is 52.2 Å². The van der Waals surface area contributed by atoms with E-state index in [4.69, 9.17) is 16.8 Å². The molecule has 4 rings (SSSR count). The molecule has 0 aliphatic rings. The molecule has 0 saturated carbocycles. The van der Waals surface area contributed by atoms with Crippen LogP contribution in [0.25, 0.3) is 34.7 Å². The molecule has 0 bridgehead atoms. The van der Waals surface area contributed by atoms with Gasteiger partial charge in [-0.2, -0.15) is 16.8 Å². The Labute approximate surface area is 447 Å². The number of ketones is 1. The molecule has 3 atom stereocenters. The Morgan fingerprint density at radius 2 is 1.00 bits per heavy atom. The predicted octanol–water partition coefficient (Wildman–Crippen LogP) is 2.56. The first-order chi connectivity index (χ1) is 32.1. The van der Waals surface area contributed by atoms with Crippen LogP contribution in [0.4, 0.5) is 20.7 Å². The third-order valence-corrected chi connectivity index (χ3v) is 9.19. The van der Waals surface area contributed by atoms with Gasteiger partial charge in [-0.1, -0.05) is 47.3 Å². The van der Waals surface area contributed by atoms with E-state index in [0.717, 1.165) is 11.4 Å². The zero-order valence-electron chi connectivity index (χ0n) is 42.0. The van der Waals surface area contributed by atoms with Crippen molar-refractivity contribution in [3.63, 3.8) is 0 Å². The Hall–Kier alpha value is -5.27. The average molecular weight is 1040 g/mol. The maximum Gasteiger partial charge on any atom is 1.00 e. The van der Waals surface area contributed by atoms with Gasteiger partial charge in [0.25, 0.3) is 0 Å². The number of aromatic nitrogens is 4. The van der Waals surface area contributed by atoms with E-state index >= 15 is 0 Å². The Kier molecular flexibility index (Phi) is 36.1. The number of rotatable bonds is 18. The summed E-state index contributed by atoms with van der Waals surface area (Å²) in [4.78, 5) is 57.0. The summed E-state index contributed by atoms with van der Waals surface area (Å²) in [7, 11) is 9.81. The van der Waals surface area contributed by atoms with Crippen LogP contribution < -0.4 is 39.4 Å². The van der Waals surface area contributed by atoms with Gasteiger partial charge in [0.1, 0.15) is 11.6 Å². The van der Waals surface area contributed by atoms with Crippen LogP contribution in [0.5, 0.6) is 0 Å². The summed E-state index contributed by atoms with van der Waals surface area (Å²) in [6.07, 6.45) is 2.36. The molecular weight excluding hydrogens is 976 g/mol. The maximum atomic E-state index is 13.5. The molecule has 4 aromatic rings. The largest absolute Gasteiger partial charge is 1.00 e. The second kappa shape index (κ2) is 36.6. The standard InChI is InChI=1S/C23H30FN3O4.C23H28FN3O4.CH4.B.Na.2O2S.H/c2*1-14(2)21-19(11-10-17(28)12-18(29)13-20(30)31-5)22(26-23(25-21)27(3)4)15-6-8-16(24)9-7-15;;;;2*1-3-2;/h6-11,14,17-18,28-29H,12-13H2,1-5H3;6-11,14,18,29H,12-13H2,1-5H3;1H4;;;;;/q;;;;+1;;;-1/b2*11-10+;;;;;;/t17-,18-;18-;;;;;;/m11....../s1. The molecule has 71 heavy (non-hydrogen) atoms. The molecule has 0 unspecified atom stereocenters. The third kappa shape index (κ3) is 25.1. The van der Waals surface area contributed by atoms with Crippen molar-refractivity contribution in [3.8, 4) is 22.5 Å². The van der Waals surface area contributed by atoms with Gasteiger partial charge in [-0.25, -0.2) is 28.7 Å². The topological polar surface area (TPSA) is 257 Å². The monoisotopic (exact) mass is 1040 g/mol. The smallest absolute Gasteiger partial charge is 1.00 e. The van der Waals surface area contributed by atoms with Gasteiger partial charge in [-0.15, -0.1) is 0 Å². The van der Waals surface area contributed by atoms with Gasteiger partial charge in [-0.05, 0) is 72.5 Å². The molecule has 2 aromatic carbocycles. The summed E-state index contributed by atoms with van der Waals surface area (Å²) < 4.78 is 69.1. The van der Waals surface area contributed by atoms with Crippen LogP contribution in [0.1, 0.15) is 96.6 Å². The third-order valence-electron chi connectivity index (χ3n) is 9.19. The van der Waals surface area contributed by atoms with Crippen LogP contribution in [0.15, 0.2) is 60.7 Å². The van der Waals surface area contributed by atoms with Crippen molar-refractivity contribution < 1.29 is 95.8 Å². The number of benzene rings is 2. The molecule has 2 heterocycles. The number of nitrogens with zero attached hydrogens (tertiary/aromatic N) is 6. The first-order valence-electron chi connectivity index (χ1n) is 20.7. The zero-order valence-corrected chi connectivity index (χ0v) is 44.6. The summed E-state index contributed by atoms with van der Waals surface area (Å²) in [5, 5.41) is 30.2. The van der Waals surface area contributed by atoms with E-state index in [9.17, 15) is 38.5 Å². The number of hydrogen-bond donors (Lipinski definition) is 3. The number of ether oxygens (including phenoxy) is 2. The second-order valence-electron chi connectivity index (χ2n) is 15.6. The zero-order chi connectivity index (χ0) is 51.7. The number of allylic oxidation sites excluding steroid dienone is 1. The summed E-state index contributed by atoms with van der Waals surface area (Å²) in [6.45, 7) is 7.97. The van der Waals surface area contributed by atoms with Gasteiger partial charge in [0.15, 0.2) is 5.78 Å². The number of methoxy groups -OCH3 is 2. The van der Waals surface area contributed by atoms with Crippen LogP contribution >= 0.6 is 0 Å². The second-order valence-corrected chi connectivity index (χ2v) is 15.9. The van der Waals surface area contributed by atoms with Gasteiger partial charge >= 0.3 is 64.6 Å². The molecule has 18 nitrogen and oxygen atoms in total. The number of anilines is 2. The fraction of sp³-hybridized carbons (Fsp3) is 0.426. The molecule has 0 aliphatic heterocycles. The van der Waals surface area contributed by atoms with E-state index in [1.807, 2.05) is 55.9 Å². The minimum Gasteiger partial charge on any atom is -1.00 e. The van der Waals surface area contributed by atoms with E-state index < -0.39 is 53.4 Å². The van der Waals surface area contributed by atoms with E-state index in [2.05, 4.69) is 29.4 Å². The molecule has 0 fully saturated rings. The SMILES string of the molecule is C.COC(=O)C[C@H](O)CC(=O)/C=C/c1c(-c2ccc(F)cc2)nc(N(C)C)nc1C(C)C.COC(=O)C[C@H](O)C[C@H](O)/C=C/c1c(-c2ccc(F)cc2)nc(N(C)C)nc1C(C)C.O=S=O.O=S=O.[B].[H-].[Na+]. The molecule has 24 heteroatoms. The molecule has 3 radical (unpaired) electrons. The van der Waals surface area contributed by atoms with Crippen LogP contribution in [-0.2, 0) is 47.0 Å². The molecule has 0 spiro atoms. The number of aliphatic hydroxyl groups is 3. The maximum absolute atomic E-state index is 13.5. The van der Waals surface area contributed by atoms with Crippen molar-refractivity contribution in [2.45, 2.75) is 91.0 Å². The summed E-state index contributed by atoms with van der Waals surface area (Å²) >= 11 is -1.50. The minimum absolute atomic E-state index is 0. The van der Waals surface area contributed by atoms with Gasteiger partial charge in [-0.3, -0.25) is 14.4 Å². The Morgan fingerprint density at radius 1 is 0.648 bits per heavy atom. The van der Waals surface area contributed by atoms with Crippen LogP contribution in [0, 0.1) is 11.6 Å². The van der Waals surface area contributed by atoms with Crippen molar-refractivity contribution in [3.05, 3.63) is 94.8 Å². The van der Waals surface area contributed by atoms with Crippen LogP contribution in [-0.4, -0.2) is 139 Å². The summed E-state index contributed by atoms with van der Waals surface area (Å²) in [5.41, 5.74) is 5.44. The fourth-order valence-corrected chi connectivity index (χ4v) is 5.96. The van der Waals surface area contributed by atoms with E-state index in [1.54, 1.807) is 46.2 Å².